The van der Waals surface area contributed by atoms with Crippen LogP contribution in [0.15, 0.2) is 17.0 Å². The van der Waals surface area contributed by atoms with Gasteiger partial charge in [0, 0.05) is 5.75 Å². The fraction of sp³-hybridized carbons (Fsp3) is 0.300. The highest BCUT2D eigenvalue weighted by molar-refractivity contribution is 7.99. The summed E-state index contributed by atoms with van der Waals surface area (Å²) in [6.45, 7) is 2.52. The van der Waals surface area contributed by atoms with E-state index in [4.69, 9.17) is 9.84 Å². The molecule has 1 heterocycles. The molecule has 1 aliphatic heterocycles. The van der Waals surface area contributed by atoms with Crippen LogP contribution in [0.2, 0.25) is 0 Å². The van der Waals surface area contributed by atoms with Crippen LogP contribution >= 0.6 is 11.8 Å². The van der Waals surface area contributed by atoms with E-state index >= 15 is 0 Å². The molecule has 0 aliphatic carbocycles. The van der Waals surface area contributed by atoms with Gasteiger partial charge in [-0.3, -0.25) is 0 Å². The maximum Gasteiger partial charge on any atom is 0.335 e. The first-order chi connectivity index (χ1) is 6.70. The number of fused-ring (bicyclic) bond motifs is 1. The van der Waals surface area contributed by atoms with E-state index in [0.29, 0.717) is 12.2 Å². The monoisotopic (exact) mass is 210 g/mol. The molecule has 1 aromatic carbocycles. The van der Waals surface area contributed by atoms with Crippen molar-refractivity contribution in [3.63, 3.8) is 0 Å². The van der Waals surface area contributed by atoms with Crippen LogP contribution in [-0.2, 0) is 0 Å². The minimum Gasteiger partial charge on any atom is -0.492 e. The molecule has 0 aromatic heterocycles. The van der Waals surface area contributed by atoms with Gasteiger partial charge < -0.3 is 9.84 Å². The van der Waals surface area contributed by atoms with Crippen molar-refractivity contribution in [2.24, 2.45) is 0 Å². The van der Waals surface area contributed by atoms with Gasteiger partial charge in [-0.05, 0) is 24.6 Å². The molecule has 4 heteroatoms. The number of rotatable bonds is 1. The van der Waals surface area contributed by atoms with Gasteiger partial charge in [0.25, 0.3) is 0 Å². The maximum atomic E-state index is 10.9. The normalized spacial score (nSPS) is 14.4. The predicted molar refractivity (Wildman–Crippen MR) is 54.4 cm³/mol. The number of thioether (sulfide) groups is 1. The first-order valence-electron chi connectivity index (χ1n) is 4.32. The van der Waals surface area contributed by atoms with E-state index in [2.05, 4.69) is 0 Å². The van der Waals surface area contributed by atoms with E-state index in [1.54, 1.807) is 23.9 Å². The summed E-state index contributed by atoms with van der Waals surface area (Å²) in [7, 11) is 0. The number of aromatic carboxylic acids is 1. The fourth-order valence-corrected chi connectivity index (χ4v) is 2.45. The SMILES string of the molecule is Cc1c(C(=O)O)ccc2c1SCCO2. The van der Waals surface area contributed by atoms with Crippen molar-refractivity contribution in [1.82, 2.24) is 0 Å². The lowest BCUT2D eigenvalue weighted by molar-refractivity contribution is 0.0695. The molecular weight excluding hydrogens is 200 g/mol. The van der Waals surface area contributed by atoms with Crippen LogP contribution in [0, 0.1) is 6.92 Å². The molecule has 0 atom stereocenters. The molecule has 14 heavy (non-hydrogen) atoms. The first kappa shape index (κ1) is 9.40. The Balaban J connectivity index is 2.54. The molecule has 0 unspecified atom stereocenters. The standard InChI is InChI=1S/C10H10O3S/c1-6-7(10(11)12)2-3-8-9(6)14-5-4-13-8/h2-3H,4-5H2,1H3,(H,11,12). The van der Waals surface area contributed by atoms with E-state index in [1.165, 1.54) is 0 Å². The van der Waals surface area contributed by atoms with Gasteiger partial charge >= 0.3 is 5.97 Å². The van der Waals surface area contributed by atoms with Crippen LogP contribution in [0.25, 0.3) is 0 Å². The van der Waals surface area contributed by atoms with Gasteiger partial charge in [-0.1, -0.05) is 0 Å². The van der Waals surface area contributed by atoms with Crippen LogP contribution in [-0.4, -0.2) is 23.4 Å². The van der Waals surface area contributed by atoms with Gasteiger partial charge in [0.15, 0.2) is 0 Å². The average molecular weight is 210 g/mol. The second-order valence-corrected chi connectivity index (χ2v) is 4.17. The van der Waals surface area contributed by atoms with Crippen LogP contribution in [0.5, 0.6) is 5.75 Å². The van der Waals surface area contributed by atoms with Gasteiger partial charge in [-0.15, -0.1) is 11.8 Å². The molecule has 1 N–H and O–H groups in total. The van der Waals surface area contributed by atoms with E-state index < -0.39 is 5.97 Å². The molecule has 0 radical (unpaired) electrons. The van der Waals surface area contributed by atoms with E-state index in [9.17, 15) is 4.79 Å². The average Bonchev–Trinajstić information content (AvgIpc) is 2.18. The Morgan fingerprint density at radius 2 is 2.36 bits per heavy atom. The zero-order valence-electron chi connectivity index (χ0n) is 7.74. The number of hydrogen-bond acceptors (Lipinski definition) is 3. The molecule has 1 aromatic rings. The molecule has 0 spiro atoms. The van der Waals surface area contributed by atoms with Crippen LogP contribution in [0.1, 0.15) is 15.9 Å². The third-order valence-corrected chi connectivity index (χ3v) is 3.35. The zero-order valence-corrected chi connectivity index (χ0v) is 8.56. The Labute approximate surface area is 86.1 Å². The fourth-order valence-electron chi connectivity index (χ4n) is 1.49. The largest absolute Gasteiger partial charge is 0.492 e. The number of carboxylic acids is 1. The number of hydrogen-bond donors (Lipinski definition) is 1. The van der Waals surface area contributed by atoms with Crippen molar-refractivity contribution < 1.29 is 14.6 Å². The Morgan fingerprint density at radius 1 is 1.57 bits per heavy atom. The third-order valence-electron chi connectivity index (χ3n) is 2.19. The topological polar surface area (TPSA) is 46.5 Å². The molecule has 74 valence electrons. The summed E-state index contributed by atoms with van der Waals surface area (Å²) in [5.41, 5.74) is 1.17. The van der Waals surface area contributed by atoms with Crippen molar-refractivity contribution in [2.75, 3.05) is 12.4 Å². The maximum absolute atomic E-state index is 10.9. The Bertz CT molecular complexity index is 387. The first-order valence-corrected chi connectivity index (χ1v) is 5.31. The lowest BCUT2D eigenvalue weighted by Gasteiger charge is -2.19. The van der Waals surface area contributed by atoms with E-state index in [0.717, 1.165) is 22.0 Å². The van der Waals surface area contributed by atoms with E-state index in [1.807, 2.05) is 6.92 Å². The second kappa shape index (κ2) is 3.53. The highest BCUT2D eigenvalue weighted by atomic mass is 32.2. The van der Waals surface area contributed by atoms with Crippen molar-refractivity contribution in [1.29, 1.82) is 0 Å². The van der Waals surface area contributed by atoms with E-state index in [-0.39, 0.29) is 0 Å². The zero-order chi connectivity index (χ0) is 10.1. The lowest BCUT2D eigenvalue weighted by atomic mass is 10.1. The minimum absolute atomic E-state index is 0.363. The predicted octanol–water partition coefficient (Wildman–Crippen LogP) is 2.18. The van der Waals surface area contributed by atoms with Crippen LogP contribution < -0.4 is 4.74 Å². The minimum atomic E-state index is -0.878. The van der Waals surface area contributed by atoms with Gasteiger partial charge in [0.1, 0.15) is 5.75 Å². The van der Waals surface area contributed by atoms with Crippen molar-refractivity contribution in [3.05, 3.63) is 23.3 Å². The summed E-state index contributed by atoms with van der Waals surface area (Å²) < 4.78 is 5.43. The molecule has 0 bridgehead atoms. The summed E-state index contributed by atoms with van der Waals surface area (Å²) >= 11 is 1.66. The smallest absolute Gasteiger partial charge is 0.335 e. The van der Waals surface area contributed by atoms with Crippen molar-refractivity contribution in [2.45, 2.75) is 11.8 Å². The Morgan fingerprint density at radius 3 is 3.07 bits per heavy atom. The second-order valence-electron chi connectivity index (χ2n) is 3.07. The molecule has 1 aliphatic rings. The molecule has 0 fully saturated rings. The third kappa shape index (κ3) is 1.46. The molecule has 0 saturated heterocycles. The quantitative estimate of drug-likeness (QED) is 0.771. The van der Waals surface area contributed by atoms with Gasteiger partial charge in [0.05, 0.1) is 17.1 Å². The Hall–Kier alpha value is -1.16. The molecule has 0 saturated carbocycles. The summed E-state index contributed by atoms with van der Waals surface area (Å²) in [5, 5.41) is 8.92. The molecule has 2 rings (SSSR count). The number of ether oxygens (including phenoxy) is 1. The number of carboxylic acid groups (broad SMARTS) is 1. The summed E-state index contributed by atoms with van der Waals surface area (Å²) in [6, 6.07) is 3.33. The van der Waals surface area contributed by atoms with Crippen molar-refractivity contribution in [3.8, 4) is 5.75 Å². The van der Waals surface area contributed by atoms with Gasteiger partial charge in [-0.2, -0.15) is 0 Å². The van der Waals surface area contributed by atoms with Crippen molar-refractivity contribution >= 4 is 17.7 Å². The molecule has 3 nitrogen and oxygen atoms in total. The highest BCUT2D eigenvalue weighted by Gasteiger charge is 2.18. The summed E-state index contributed by atoms with van der Waals surface area (Å²) in [4.78, 5) is 11.8. The number of benzene rings is 1. The highest BCUT2D eigenvalue weighted by Crippen LogP contribution is 2.37. The summed E-state index contributed by atoms with van der Waals surface area (Å²) in [6.07, 6.45) is 0. The number of carbonyl (C=O) groups is 1. The van der Waals surface area contributed by atoms with Crippen LogP contribution in [0.3, 0.4) is 0 Å². The van der Waals surface area contributed by atoms with Crippen LogP contribution in [0.4, 0.5) is 0 Å². The van der Waals surface area contributed by atoms with Gasteiger partial charge in [0.2, 0.25) is 0 Å². The lowest BCUT2D eigenvalue weighted by Crippen LogP contribution is -2.10. The van der Waals surface area contributed by atoms with Gasteiger partial charge in [-0.25, -0.2) is 4.79 Å². The molecule has 0 amide bonds. The Kier molecular flexibility index (Phi) is 2.37. The molecular formula is C10H10O3S. The summed E-state index contributed by atoms with van der Waals surface area (Å²) in [5.74, 6) is 0.817.